The second-order valence-electron chi connectivity index (χ2n) is 6.16. The van der Waals surface area contributed by atoms with Crippen LogP contribution < -0.4 is 11.1 Å². The van der Waals surface area contributed by atoms with E-state index in [-0.39, 0.29) is 35.1 Å². The fraction of sp³-hybridized carbons (Fsp3) is 0.278. The molecule has 0 fully saturated rings. The highest BCUT2D eigenvalue weighted by Gasteiger charge is 2.34. The van der Waals surface area contributed by atoms with Crippen molar-refractivity contribution in [1.82, 2.24) is 15.5 Å². The van der Waals surface area contributed by atoms with Crippen LogP contribution in [-0.4, -0.2) is 28.6 Å². The van der Waals surface area contributed by atoms with E-state index in [9.17, 15) is 18.0 Å². The van der Waals surface area contributed by atoms with Gasteiger partial charge in [-0.05, 0) is 26.0 Å². The standard InChI is InChI=1S/C18H17F3N4O2/c1-9(8-22)23-16(26)12-7-14(24-17-15(12)10(2)25-27-17)11-5-3-4-6-13(11)18(19,20)21/h3-7,9H,8,22H2,1-2H3,(H,23,26)/t9-/m0/s1. The first kappa shape index (κ1) is 18.8. The summed E-state index contributed by atoms with van der Waals surface area (Å²) >= 11 is 0. The molecule has 2 heterocycles. The van der Waals surface area contributed by atoms with E-state index in [4.69, 9.17) is 10.3 Å². The summed E-state index contributed by atoms with van der Waals surface area (Å²) in [6.07, 6.45) is -4.57. The van der Waals surface area contributed by atoms with Crippen LogP contribution in [0.3, 0.4) is 0 Å². The van der Waals surface area contributed by atoms with E-state index < -0.39 is 17.6 Å². The van der Waals surface area contributed by atoms with Crippen molar-refractivity contribution in [2.45, 2.75) is 26.1 Å². The maximum atomic E-state index is 13.4. The Kier molecular flexibility index (Phi) is 4.88. The third-order valence-corrected chi connectivity index (χ3v) is 4.10. The summed E-state index contributed by atoms with van der Waals surface area (Å²) in [7, 11) is 0. The second kappa shape index (κ2) is 6.99. The number of nitrogens with one attached hydrogen (secondary N) is 1. The summed E-state index contributed by atoms with van der Waals surface area (Å²) in [6, 6.07) is 6.02. The van der Waals surface area contributed by atoms with Crippen molar-refractivity contribution in [1.29, 1.82) is 0 Å². The number of hydrogen-bond acceptors (Lipinski definition) is 5. The third kappa shape index (κ3) is 3.63. The highest BCUT2D eigenvalue weighted by atomic mass is 19.4. The lowest BCUT2D eigenvalue weighted by atomic mass is 10.0. The smallest absolute Gasteiger partial charge is 0.348 e. The van der Waals surface area contributed by atoms with E-state index in [1.165, 1.54) is 24.3 Å². The van der Waals surface area contributed by atoms with Gasteiger partial charge in [-0.1, -0.05) is 23.4 Å². The van der Waals surface area contributed by atoms with Crippen molar-refractivity contribution in [3.8, 4) is 11.3 Å². The Hall–Kier alpha value is -2.94. The maximum Gasteiger partial charge on any atom is 0.417 e. The largest absolute Gasteiger partial charge is 0.417 e. The predicted octanol–water partition coefficient (Wildman–Crippen LogP) is 3.29. The Labute approximate surface area is 152 Å². The van der Waals surface area contributed by atoms with E-state index in [1.807, 2.05) is 0 Å². The molecule has 0 aliphatic heterocycles. The molecule has 27 heavy (non-hydrogen) atoms. The van der Waals surface area contributed by atoms with Crippen LogP contribution in [0.1, 0.15) is 28.5 Å². The molecule has 142 valence electrons. The van der Waals surface area contributed by atoms with Crippen LogP contribution in [0, 0.1) is 6.92 Å². The molecular weight excluding hydrogens is 361 g/mol. The average molecular weight is 378 g/mol. The van der Waals surface area contributed by atoms with E-state index in [2.05, 4.69) is 15.5 Å². The van der Waals surface area contributed by atoms with Crippen LogP contribution in [-0.2, 0) is 6.18 Å². The second-order valence-corrected chi connectivity index (χ2v) is 6.16. The number of benzene rings is 1. The van der Waals surface area contributed by atoms with Gasteiger partial charge in [0.15, 0.2) is 0 Å². The number of aryl methyl sites for hydroxylation is 1. The van der Waals surface area contributed by atoms with Crippen molar-refractivity contribution >= 4 is 17.0 Å². The summed E-state index contributed by atoms with van der Waals surface area (Å²) in [5, 5.41) is 6.83. The van der Waals surface area contributed by atoms with Gasteiger partial charge in [0.1, 0.15) is 0 Å². The van der Waals surface area contributed by atoms with Gasteiger partial charge in [0, 0.05) is 18.2 Å². The quantitative estimate of drug-likeness (QED) is 0.727. The lowest BCUT2D eigenvalue weighted by Gasteiger charge is -2.14. The number of aromatic nitrogens is 2. The van der Waals surface area contributed by atoms with Gasteiger partial charge in [-0.15, -0.1) is 0 Å². The Bertz CT molecular complexity index is 998. The van der Waals surface area contributed by atoms with Crippen LogP contribution in [0.4, 0.5) is 13.2 Å². The fourth-order valence-corrected chi connectivity index (χ4v) is 2.73. The highest BCUT2D eigenvalue weighted by Crippen LogP contribution is 2.37. The molecule has 3 aromatic rings. The molecule has 0 saturated carbocycles. The van der Waals surface area contributed by atoms with Gasteiger partial charge in [0.2, 0.25) is 0 Å². The number of amides is 1. The first-order chi connectivity index (χ1) is 12.7. The molecule has 0 radical (unpaired) electrons. The van der Waals surface area contributed by atoms with Crippen molar-refractivity contribution < 1.29 is 22.5 Å². The van der Waals surface area contributed by atoms with E-state index >= 15 is 0 Å². The molecule has 0 unspecified atom stereocenters. The van der Waals surface area contributed by atoms with E-state index in [0.717, 1.165) is 6.07 Å². The van der Waals surface area contributed by atoms with Crippen molar-refractivity contribution in [3.05, 3.63) is 47.2 Å². The number of hydrogen-bond donors (Lipinski definition) is 2. The number of carbonyl (C=O) groups is 1. The number of fused-ring (bicyclic) bond motifs is 1. The summed E-state index contributed by atoms with van der Waals surface area (Å²) in [6.45, 7) is 3.56. The Morgan fingerprint density at radius 1 is 1.33 bits per heavy atom. The highest BCUT2D eigenvalue weighted by molar-refractivity contribution is 6.07. The summed E-state index contributed by atoms with van der Waals surface area (Å²) < 4.78 is 45.2. The van der Waals surface area contributed by atoms with Crippen molar-refractivity contribution in [3.63, 3.8) is 0 Å². The monoisotopic (exact) mass is 378 g/mol. The first-order valence-corrected chi connectivity index (χ1v) is 8.17. The minimum atomic E-state index is -4.57. The van der Waals surface area contributed by atoms with Gasteiger partial charge in [-0.3, -0.25) is 4.79 Å². The number of halogens is 3. The molecule has 6 nitrogen and oxygen atoms in total. The Morgan fingerprint density at radius 3 is 2.70 bits per heavy atom. The van der Waals surface area contributed by atoms with Gasteiger partial charge in [-0.2, -0.15) is 13.2 Å². The lowest BCUT2D eigenvalue weighted by molar-refractivity contribution is -0.137. The summed E-state index contributed by atoms with van der Waals surface area (Å²) in [5.74, 6) is -0.489. The normalized spacial score (nSPS) is 13.0. The molecule has 0 bridgehead atoms. The van der Waals surface area contributed by atoms with Crippen LogP contribution in [0.5, 0.6) is 0 Å². The molecule has 1 atom stereocenters. The number of pyridine rings is 1. The zero-order chi connectivity index (χ0) is 19.8. The van der Waals surface area contributed by atoms with Crippen LogP contribution in [0.15, 0.2) is 34.9 Å². The molecule has 1 aromatic carbocycles. The Balaban J connectivity index is 2.22. The zero-order valence-electron chi connectivity index (χ0n) is 14.6. The lowest BCUT2D eigenvalue weighted by Crippen LogP contribution is -2.37. The first-order valence-electron chi connectivity index (χ1n) is 8.17. The van der Waals surface area contributed by atoms with Crippen LogP contribution in [0.25, 0.3) is 22.4 Å². The molecule has 0 saturated heterocycles. The number of carbonyl (C=O) groups excluding carboxylic acids is 1. The minimum absolute atomic E-state index is 0.00692. The molecule has 3 rings (SSSR count). The van der Waals surface area contributed by atoms with Gasteiger partial charge in [-0.25, -0.2) is 4.98 Å². The summed E-state index contributed by atoms with van der Waals surface area (Å²) in [4.78, 5) is 16.8. The third-order valence-electron chi connectivity index (χ3n) is 4.10. The number of rotatable bonds is 4. The van der Waals surface area contributed by atoms with Crippen LogP contribution in [0.2, 0.25) is 0 Å². The molecule has 0 aliphatic rings. The van der Waals surface area contributed by atoms with Crippen LogP contribution >= 0.6 is 0 Å². The fourth-order valence-electron chi connectivity index (χ4n) is 2.73. The average Bonchev–Trinajstić information content (AvgIpc) is 3.01. The number of alkyl halides is 3. The molecule has 3 N–H and O–H groups in total. The van der Waals surface area contributed by atoms with E-state index in [1.54, 1.807) is 13.8 Å². The molecule has 1 amide bonds. The van der Waals surface area contributed by atoms with Gasteiger partial charge < -0.3 is 15.6 Å². The maximum absolute atomic E-state index is 13.4. The molecule has 0 spiro atoms. The SMILES string of the molecule is Cc1noc2nc(-c3ccccc3C(F)(F)F)cc(C(=O)N[C@@H](C)CN)c12. The number of nitrogens with zero attached hydrogens (tertiary/aromatic N) is 2. The zero-order valence-corrected chi connectivity index (χ0v) is 14.6. The molecule has 0 aliphatic carbocycles. The van der Waals surface area contributed by atoms with Gasteiger partial charge in [0.05, 0.1) is 27.9 Å². The minimum Gasteiger partial charge on any atom is -0.348 e. The topological polar surface area (TPSA) is 94.0 Å². The van der Waals surface area contributed by atoms with Crippen molar-refractivity contribution in [2.24, 2.45) is 5.73 Å². The number of nitrogens with two attached hydrogens (primary N) is 1. The molecule has 9 heteroatoms. The molecular formula is C18H17F3N4O2. The van der Waals surface area contributed by atoms with Gasteiger partial charge in [0.25, 0.3) is 11.6 Å². The molecule has 2 aromatic heterocycles. The van der Waals surface area contributed by atoms with Gasteiger partial charge >= 0.3 is 6.18 Å². The predicted molar refractivity (Wildman–Crippen MR) is 93.0 cm³/mol. The van der Waals surface area contributed by atoms with E-state index in [0.29, 0.717) is 11.1 Å². The Morgan fingerprint density at radius 2 is 2.04 bits per heavy atom. The van der Waals surface area contributed by atoms with Crippen molar-refractivity contribution in [2.75, 3.05) is 6.54 Å². The summed E-state index contributed by atoms with van der Waals surface area (Å²) in [5.41, 5.74) is 5.03.